The van der Waals surface area contributed by atoms with E-state index in [1.807, 2.05) is 52.5 Å². The van der Waals surface area contributed by atoms with Gasteiger partial charge in [-0.15, -0.1) is 6.58 Å². The van der Waals surface area contributed by atoms with Gasteiger partial charge in [0, 0.05) is 44.6 Å². The molecule has 0 aromatic carbocycles. The molecule has 1 unspecified atom stereocenters. The summed E-state index contributed by atoms with van der Waals surface area (Å²) < 4.78 is 38.9. The number of hydrogen-bond donors (Lipinski definition) is 1. The van der Waals surface area contributed by atoms with Crippen LogP contribution < -0.4 is 5.73 Å². The summed E-state index contributed by atoms with van der Waals surface area (Å²) in [5.41, 5.74) is 6.84. The number of nitrogens with two attached hydrogens (primary N) is 1. The topological polar surface area (TPSA) is 77.5 Å². The van der Waals surface area contributed by atoms with Gasteiger partial charge in [-0.25, -0.2) is 0 Å². The Morgan fingerprint density at radius 3 is 2.20 bits per heavy atom. The molecule has 10 heteroatoms. The smallest absolute Gasteiger partial charge is 0.394 e. The molecule has 0 aromatic heterocycles. The van der Waals surface area contributed by atoms with Crippen LogP contribution in [0.1, 0.15) is 61.3 Å². The Balaban J connectivity index is 0. The molecule has 0 radical (unpaired) electrons. The van der Waals surface area contributed by atoms with Crippen molar-refractivity contribution in [3.8, 4) is 0 Å². The first-order valence-electron chi connectivity index (χ1n) is 13.9. The summed E-state index contributed by atoms with van der Waals surface area (Å²) in [6.07, 6.45) is 6.98. The third-order valence-corrected chi connectivity index (χ3v) is 5.94. The second-order valence-electron chi connectivity index (χ2n) is 8.97. The van der Waals surface area contributed by atoms with Gasteiger partial charge in [-0.3, -0.25) is 14.8 Å². The van der Waals surface area contributed by atoms with Crippen molar-refractivity contribution in [2.24, 2.45) is 15.7 Å². The summed E-state index contributed by atoms with van der Waals surface area (Å²) in [5.74, 6) is 0.360. The molecule has 0 saturated carbocycles. The van der Waals surface area contributed by atoms with Crippen molar-refractivity contribution in [2.75, 3.05) is 33.2 Å². The molecule has 0 aromatic rings. The lowest BCUT2D eigenvalue weighted by atomic mass is 10.1. The summed E-state index contributed by atoms with van der Waals surface area (Å²) >= 11 is 0. The molecule has 1 amide bonds. The minimum atomic E-state index is -4.44. The number of nitrogens with zero attached hydrogens (tertiary/aromatic N) is 5. The predicted molar refractivity (Wildman–Crippen MR) is 169 cm³/mol. The lowest BCUT2D eigenvalue weighted by Crippen LogP contribution is -2.44. The van der Waals surface area contributed by atoms with Crippen molar-refractivity contribution >= 4 is 17.3 Å². The minimum absolute atomic E-state index is 0.0696. The Morgan fingerprint density at radius 1 is 1.17 bits per heavy atom. The van der Waals surface area contributed by atoms with Crippen molar-refractivity contribution in [1.29, 1.82) is 0 Å². The highest BCUT2D eigenvalue weighted by Crippen LogP contribution is 2.25. The van der Waals surface area contributed by atoms with Gasteiger partial charge in [-0.2, -0.15) is 13.2 Å². The molecule has 0 bridgehead atoms. The van der Waals surface area contributed by atoms with Gasteiger partial charge in [-0.1, -0.05) is 58.2 Å². The summed E-state index contributed by atoms with van der Waals surface area (Å²) in [6, 6.07) is -0.0696. The van der Waals surface area contributed by atoms with E-state index in [9.17, 15) is 18.0 Å². The van der Waals surface area contributed by atoms with Gasteiger partial charge in [0.25, 0.3) is 5.91 Å². The van der Waals surface area contributed by atoms with E-state index in [2.05, 4.69) is 29.7 Å². The zero-order chi connectivity index (χ0) is 32.2. The van der Waals surface area contributed by atoms with Gasteiger partial charge in [0.1, 0.15) is 17.2 Å². The molecule has 1 atom stereocenters. The molecule has 0 spiro atoms. The van der Waals surface area contributed by atoms with Gasteiger partial charge < -0.3 is 20.4 Å². The van der Waals surface area contributed by atoms with E-state index in [0.29, 0.717) is 43.2 Å². The monoisotopic (exact) mass is 580 g/mol. The van der Waals surface area contributed by atoms with Crippen molar-refractivity contribution < 1.29 is 18.0 Å². The molecule has 2 heterocycles. The number of allylic oxidation sites excluding steroid dienone is 5. The first kappa shape index (κ1) is 39.6. The average Bonchev–Trinajstić information content (AvgIpc) is 3.14. The van der Waals surface area contributed by atoms with Crippen LogP contribution in [0.4, 0.5) is 13.2 Å². The number of rotatable bonds is 6. The number of aliphatic imine (C=N–C) groups is 2. The third kappa shape index (κ3) is 14.1. The quantitative estimate of drug-likeness (QED) is 0.161. The van der Waals surface area contributed by atoms with E-state index in [1.54, 1.807) is 48.2 Å². The van der Waals surface area contributed by atoms with Crippen LogP contribution in [-0.4, -0.2) is 77.5 Å². The Kier molecular flexibility index (Phi) is 20.5. The molecule has 232 valence electrons. The highest BCUT2D eigenvalue weighted by atomic mass is 19.4. The molecule has 0 aliphatic carbocycles. The fraction of sp³-hybridized carbons (Fsp3) is 0.516. The van der Waals surface area contributed by atoms with Crippen LogP contribution >= 0.6 is 0 Å². The predicted octanol–water partition coefficient (Wildman–Crippen LogP) is 6.85. The summed E-state index contributed by atoms with van der Waals surface area (Å²) in [5, 5.41) is 0. The molecule has 7 nitrogen and oxygen atoms in total. The van der Waals surface area contributed by atoms with Crippen LogP contribution in [-0.2, 0) is 4.79 Å². The van der Waals surface area contributed by atoms with Crippen LogP contribution in [0.5, 0.6) is 0 Å². The van der Waals surface area contributed by atoms with Crippen molar-refractivity contribution in [1.82, 2.24) is 14.7 Å². The van der Waals surface area contributed by atoms with Gasteiger partial charge in [0.15, 0.2) is 0 Å². The van der Waals surface area contributed by atoms with Gasteiger partial charge in [0.2, 0.25) is 0 Å². The van der Waals surface area contributed by atoms with Gasteiger partial charge >= 0.3 is 6.18 Å². The lowest BCUT2D eigenvalue weighted by molar-refractivity contribution is -0.129. The van der Waals surface area contributed by atoms with E-state index >= 15 is 0 Å². The molecule has 41 heavy (non-hydrogen) atoms. The number of hydrogen-bond acceptors (Lipinski definition) is 6. The highest BCUT2D eigenvalue weighted by Gasteiger charge is 2.38. The average molecular weight is 581 g/mol. The maximum Gasteiger partial charge on any atom is 0.431 e. The van der Waals surface area contributed by atoms with Crippen LogP contribution in [0, 0.1) is 0 Å². The fourth-order valence-corrected chi connectivity index (χ4v) is 3.53. The van der Waals surface area contributed by atoms with Gasteiger partial charge in [-0.05, 0) is 46.1 Å². The van der Waals surface area contributed by atoms with Crippen LogP contribution in [0.2, 0.25) is 0 Å². The highest BCUT2D eigenvalue weighted by molar-refractivity contribution is 6.06. The van der Waals surface area contributed by atoms with E-state index in [4.69, 9.17) is 5.73 Å². The lowest BCUT2D eigenvalue weighted by Gasteiger charge is -2.35. The molecular weight excluding hydrogens is 529 g/mol. The number of carbonyl (C=O) groups excluding carboxylic acids is 1. The van der Waals surface area contributed by atoms with E-state index < -0.39 is 11.9 Å². The van der Waals surface area contributed by atoms with Crippen molar-refractivity contribution in [2.45, 2.75) is 73.5 Å². The third-order valence-electron chi connectivity index (χ3n) is 5.94. The van der Waals surface area contributed by atoms with E-state index in [1.165, 1.54) is 6.20 Å². The Bertz CT molecular complexity index is 986. The first-order chi connectivity index (χ1) is 19.3. The molecule has 1 saturated heterocycles. The standard InChI is InChI=1S/C22H33F3N6O.C4H6.C3H6.C2H6/c1-6-7-9-27-17(4)16(3)20(26)21(32)31-12-11-30(10-8-15(31)2)19-13-28-18(14-29(19)5)22(23,24)25;1-3-4-2;1-3-2;1-2/h7,9,13,15H,6,8,10-12,14,26H2,1-5H3;3-4H,1-2H2;3H,1H2,2H3;1-2H3/b9-7-,20-16-,27-17-;;;. The van der Waals surface area contributed by atoms with Crippen LogP contribution in [0.25, 0.3) is 0 Å². The normalized spacial score (nSPS) is 18.1. The number of amides is 1. The second-order valence-corrected chi connectivity index (χ2v) is 8.97. The Morgan fingerprint density at radius 2 is 1.73 bits per heavy atom. The van der Waals surface area contributed by atoms with Crippen molar-refractivity contribution in [3.63, 3.8) is 0 Å². The fourth-order valence-electron chi connectivity index (χ4n) is 3.53. The largest absolute Gasteiger partial charge is 0.431 e. The van der Waals surface area contributed by atoms with E-state index in [-0.39, 0.29) is 24.2 Å². The number of carbonyl (C=O) groups is 1. The minimum Gasteiger partial charge on any atom is -0.394 e. The molecule has 1 fully saturated rings. The van der Waals surface area contributed by atoms with Gasteiger partial charge in [0.05, 0.1) is 12.7 Å². The SMILES string of the molecule is C=CC.C=CC=C.CC.CC\C=C/N=C(C)\C(C)=C(/N)C(=O)N1CCN(C2=CN=C(C(F)(F)F)CN2C)CCC1C. The van der Waals surface area contributed by atoms with Crippen molar-refractivity contribution in [3.05, 3.63) is 73.5 Å². The zero-order valence-corrected chi connectivity index (χ0v) is 26.3. The van der Waals surface area contributed by atoms with Crippen LogP contribution in [0.15, 0.2) is 83.5 Å². The summed E-state index contributed by atoms with van der Waals surface area (Å²) in [4.78, 5) is 26.3. The first-order valence-corrected chi connectivity index (χ1v) is 13.9. The number of halogens is 3. The molecule has 2 N–H and O–H groups in total. The summed E-state index contributed by atoms with van der Waals surface area (Å²) in [6.45, 7) is 24.7. The van der Waals surface area contributed by atoms with E-state index in [0.717, 1.165) is 6.42 Å². The molecule has 2 rings (SSSR count). The Hall–Kier alpha value is -3.56. The maximum atomic E-state index is 13.1. The maximum absolute atomic E-state index is 13.1. The molecule has 2 aliphatic heterocycles. The molecular formula is C31H51F3N6O. The summed E-state index contributed by atoms with van der Waals surface area (Å²) in [7, 11) is 1.61. The Labute approximate surface area is 246 Å². The second kappa shape index (κ2) is 21.2. The van der Waals surface area contributed by atoms with Crippen LogP contribution in [0.3, 0.4) is 0 Å². The molecule has 2 aliphatic rings. The zero-order valence-electron chi connectivity index (χ0n) is 26.3. The number of alkyl halides is 3.